The average molecular weight is 517 g/mol. The van der Waals surface area contributed by atoms with Gasteiger partial charge < -0.3 is 30.0 Å². The summed E-state index contributed by atoms with van der Waals surface area (Å²) in [5.74, 6) is 1.06. The highest BCUT2D eigenvalue weighted by molar-refractivity contribution is 7.80. The van der Waals surface area contributed by atoms with Crippen LogP contribution < -0.4 is 10.6 Å². The zero-order valence-electron chi connectivity index (χ0n) is 20.9. The van der Waals surface area contributed by atoms with Gasteiger partial charge in [-0.15, -0.1) is 0 Å². The molecule has 0 spiro atoms. The maximum Gasteiger partial charge on any atom is 0.123 e. The summed E-state index contributed by atoms with van der Waals surface area (Å²) in [7, 11) is 3.45. The Bertz CT molecular complexity index is 1020. The lowest BCUT2D eigenvalue weighted by molar-refractivity contribution is 0.104. The van der Waals surface area contributed by atoms with E-state index in [-0.39, 0.29) is 4.99 Å². The molecule has 10 heteroatoms. The van der Waals surface area contributed by atoms with E-state index >= 15 is 0 Å². The Morgan fingerprint density at radius 1 is 1.14 bits per heavy atom. The van der Waals surface area contributed by atoms with Gasteiger partial charge in [0.05, 0.1) is 18.9 Å². The summed E-state index contributed by atoms with van der Waals surface area (Å²) in [6, 6.07) is 6.22. The molecule has 1 aromatic rings. The second-order valence-corrected chi connectivity index (χ2v) is 9.78. The number of nitrogens with one attached hydrogen (secondary N) is 1. The Kier molecular flexibility index (Phi) is 12.1. The smallest absolute Gasteiger partial charge is 0.123 e. The number of aromatic nitrogens is 1. The number of methoxy groups -OCH3 is 2. The highest BCUT2D eigenvalue weighted by atomic mass is 32.1. The van der Waals surface area contributed by atoms with Crippen molar-refractivity contribution in [3.8, 4) is 12.1 Å². The average Bonchev–Trinajstić information content (AvgIpc) is 2.85. The highest BCUT2D eigenvalue weighted by Crippen LogP contribution is 2.26. The molecule has 3 rings (SSSR count). The van der Waals surface area contributed by atoms with Gasteiger partial charge in [-0.05, 0) is 50.5 Å². The van der Waals surface area contributed by atoms with E-state index in [1.807, 2.05) is 13.0 Å². The third-order valence-corrected chi connectivity index (χ3v) is 6.95. The molecular weight excluding hydrogens is 480 g/mol. The predicted octanol–water partition coefficient (Wildman–Crippen LogP) is 3.91. The predicted molar refractivity (Wildman–Crippen MR) is 144 cm³/mol. The number of rotatable bonds is 7. The number of hydrogen-bond acceptors (Lipinski definition) is 8. The largest absolute Gasteiger partial charge is 0.389 e. The van der Waals surface area contributed by atoms with Crippen molar-refractivity contribution >= 4 is 35.1 Å². The number of nitrogens with two attached hydrogens (primary N) is 1. The summed E-state index contributed by atoms with van der Waals surface area (Å²) >= 11 is 10.0. The van der Waals surface area contributed by atoms with Gasteiger partial charge in [0.15, 0.2) is 0 Å². The van der Waals surface area contributed by atoms with E-state index in [1.54, 1.807) is 20.4 Å². The number of hydrogen-bond donors (Lipinski definition) is 2. The molecule has 0 radical (unpaired) electrons. The molecule has 3 heterocycles. The third-order valence-electron chi connectivity index (χ3n) is 6.43. The number of ether oxygens (including phenoxy) is 2. The van der Waals surface area contributed by atoms with Crippen molar-refractivity contribution in [2.24, 2.45) is 17.6 Å². The minimum atomic E-state index is 0.180. The lowest BCUT2D eigenvalue weighted by Gasteiger charge is -2.35. The van der Waals surface area contributed by atoms with Crippen molar-refractivity contribution in [2.75, 3.05) is 58.5 Å². The molecule has 2 fully saturated rings. The van der Waals surface area contributed by atoms with Gasteiger partial charge in [-0.2, -0.15) is 10.5 Å². The summed E-state index contributed by atoms with van der Waals surface area (Å²) in [4.78, 5) is 7.52. The maximum atomic E-state index is 9.21. The van der Waals surface area contributed by atoms with Crippen LogP contribution >= 0.6 is 24.4 Å². The fourth-order valence-corrected chi connectivity index (χ4v) is 5.12. The Morgan fingerprint density at radius 2 is 1.77 bits per heavy atom. The molecule has 2 aliphatic rings. The van der Waals surface area contributed by atoms with Crippen molar-refractivity contribution in [3.63, 3.8) is 0 Å². The number of thiocarbonyl (C=S) groups is 1. The molecule has 0 saturated carbocycles. The molecule has 35 heavy (non-hydrogen) atoms. The monoisotopic (exact) mass is 516 g/mol. The normalized spacial score (nSPS) is 20.6. The number of likely N-dealkylation sites (tertiary alicyclic amines) is 1. The molecule has 0 aliphatic carbocycles. The number of allylic oxidation sites excluding steroid dienone is 1. The fourth-order valence-electron chi connectivity index (χ4n) is 4.71. The Balaban J connectivity index is 0.000000247. The number of piperidine rings is 2. The Labute approximate surface area is 219 Å². The van der Waals surface area contributed by atoms with Crippen LogP contribution in [0.25, 0.3) is 0 Å². The van der Waals surface area contributed by atoms with Crippen LogP contribution in [0.3, 0.4) is 0 Å². The van der Waals surface area contributed by atoms with Gasteiger partial charge in [-0.1, -0.05) is 24.4 Å². The molecule has 2 aliphatic heterocycles. The second-order valence-electron chi connectivity index (χ2n) is 8.93. The number of nitriles is 2. The van der Waals surface area contributed by atoms with Crippen LogP contribution in [0.4, 0.5) is 5.69 Å². The SMILES string of the molecule is COCC1CCCN(/C(C)=C(/C#N)C(N)=S)C1.COCC1CCCN(c2cc[nH]c(=S)c2C#N)C1. The lowest BCUT2D eigenvalue weighted by Crippen LogP contribution is -2.37. The zero-order valence-corrected chi connectivity index (χ0v) is 22.5. The van der Waals surface area contributed by atoms with Crippen LogP contribution in [0.2, 0.25) is 0 Å². The lowest BCUT2D eigenvalue weighted by atomic mass is 9.98. The number of anilines is 1. The summed E-state index contributed by atoms with van der Waals surface area (Å²) in [6.07, 6.45) is 6.41. The van der Waals surface area contributed by atoms with Gasteiger partial charge in [0.25, 0.3) is 0 Å². The minimum Gasteiger partial charge on any atom is -0.389 e. The van der Waals surface area contributed by atoms with Gasteiger partial charge >= 0.3 is 0 Å². The van der Waals surface area contributed by atoms with E-state index in [4.69, 9.17) is 44.9 Å². The first-order valence-electron chi connectivity index (χ1n) is 11.9. The Hall–Kier alpha value is -2.50. The third kappa shape index (κ3) is 8.29. The summed E-state index contributed by atoms with van der Waals surface area (Å²) < 4.78 is 10.9. The van der Waals surface area contributed by atoms with Crippen LogP contribution in [0.15, 0.2) is 23.5 Å². The quantitative estimate of drug-likeness (QED) is 0.316. The van der Waals surface area contributed by atoms with Crippen LogP contribution in [0, 0.1) is 39.1 Å². The zero-order chi connectivity index (χ0) is 25.8. The number of H-pyrrole nitrogens is 1. The van der Waals surface area contributed by atoms with E-state index in [9.17, 15) is 5.26 Å². The Morgan fingerprint density at radius 3 is 2.34 bits per heavy atom. The fraction of sp³-hybridized carbons (Fsp3) is 0.600. The molecular formula is C25H36N6O2S2. The summed E-state index contributed by atoms with van der Waals surface area (Å²) in [5.41, 5.74) is 8.39. The molecule has 1 aromatic heterocycles. The standard InChI is InChI=1S/C13H17N3OS.C12H19N3OS/c1-17-9-10-3-2-6-16(8-10)12-4-5-15-13(18)11(12)7-14;1-9(11(6-13)12(14)17)15-5-3-4-10(7-15)8-16-2/h4-5,10H,2-3,6,8-9H2,1H3,(H,15,18);10H,3-5,7-8H2,1-2H3,(H2,14,17)/b;11-9-. The molecule has 8 nitrogen and oxygen atoms in total. The van der Waals surface area contributed by atoms with Crippen molar-refractivity contribution in [1.82, 2.24) is 9.88 Å². The number of pyridine rings is 1. The summed E-state index contributed by atoms with van der Waals surface area (Å²) in [5, 5.41) is 18.3. The van der Waals surface area contributed by atoms with E-state index in [2.05, 4.69) is 26.9 Å². The van der Waals surface area contributed by atoms with Crippen LogP contribution in [0.5, 0.6) is 0 Å². The molecule has 190 valence electrons. The van der Waals surface area contributed by atoms with Crippen molar-refractivity contribution in [2.45, 2.75) is 32.6 Å². The van der Waals surface area contributed by atoms with E-state index in [0.717, 1.165) is 63.6 Å². The van der Waals surface area contributed by atoms with E-state index in [1.165, 1.54) is 12.8 Å². The van der Waals surface area contributed by atoms with Gasteiger partial charge in [0.2, 0.25) is 0 Å². The van der Waals surface area contributed by atoms with Crippen LogP contribution in [-0.2, 0) is 9.47 Å². The highest BCUT2D eigenvalue weighted by Gasteiger charge is 2.23. The molecule has 0 amide bonds. The van der Waals surface area contributed by atoms with Crippen molar-refractivity contribution in [1.29, 1.82) is 10.5 Å². The van der Waals surface area contributed by atoms with Gasteiger partial charge in [-0.25, -0.2) is 0 Å². The molecule has 2 saturated heterocycles. The first-order valence-corrected chi connectivity index (χ1v) is 12.7. The molecule has 3 N–H and O–H groups in total. The van der Waals surface area contributed by atoms with E-state index < -0.39 is 0 Å². The minimum absolute atomic E-state index is 0.180. The van der Waals surface area contributed by atoms with Gasteiger partial charge in [-0.3, -0.25) is 0 Å². The van der Waals surface area contributed by atoms with Gasteiger partial charge in [0, 0.05) is 52.3 Å². The second kappa shape index (κ2) is 14.8. The first kappa shape index (κ1) is 28.7. The maximum absolute atomic E-state index is 9.21. The molecule has 0 aromatic carbocycles. The van der Waals surface area contributed by atoms with Crippen LogP contribution in [-0.4, -0.2) is 68.5 Å². The molecule has 2 unspecified atom stereocenters. The van der Waals surface area contributed by atoms with Crippen LogP contribution in [0.1, 0.15) is 38.2 Å². The molecule has 2 atom stereocenters. The number of nitrogens with zero attached hydrogens (tertiary/aromatic N) is 4. The van der Waals surface area contributed by atoms with Crippen molar-refractivity contribution in [3.05, 3.63) is 33.7 Å². The van der Waals surface area contributed by atoms with Crippen molar-refractivity contribution < 1.29 is 9.47 Å². The molecule has 0 bridgehead atoms. The van der Waals surface area contributed by atoms with Gasteiger partial charge in [0.1, 0.15) is 32.9 Å². The first-order chi connectivity index (χ1) is 16.9. The topological polar surface area (TPSA) is 114 Å². The summed E-state index contributed by atoms with van der Waals surface area (Å²) in [6.45, 7) is 7.23. The van der Waals surface area contributed by atoms with E-state index in [0.29, 0.717) is 27.6 Å². The number of aromatic amines is 1.